The SMILES string of the molecule is Cc1ccc2ncccc2n1.Cc1ccnc2cccnc12.Cc1cnc2cccnc2c1. The van der Waals surface area contributed by atoms with Crippen molar-refractivity contribution < 1.29 is 0 Å². The lowest BCUT2D eigenvalue weighted by Crippen LogP contribution is -1.83. The number of fused-ring (bicyclic) bond motifs is 3. The zero-order valence-electron chi connectivity index (χ0n) is 18.8. The summed E-state index contributed by atoms with van der Waals surface area (Å²) in [6, 6.07) is 19.5. The van der Waals surface area contributed by atoms with Crippen LogP contribution in [0.3, 0.4) is 0 Å². The third kappa shape index (κ3) is 5.68. The van der Waals surface area contributed by atoms with Gasteiger partial charge in [0, 0.05) is 36.7 Å². The Morgan fingerprint density at radius 2 is 1.15 bits per heavy atom. The molecule has 0 unspecified atom stereocenters. The molecule has 6 nitrogen and oxygen atoms in total. The van der Waals surface area contributed by atoms with Crippen LogP contribution in [-0.2, 0) is 0 Å². The average Bonchev–Trinajstić information content (AvgIpc) is 2.85. The van der Waals surface area contributed by atoms with Crippen LogP contribution in [0.1, 0.15) is 16.8 Å². The third-order valence-corrected chi connectivity index (χ3v) is 4.88. The fourth-order valence-corrected chi connectivity index (χ4v) is 3.23. The van der Waals surface area contributed by atoms with Crippen LogP contribution < -0.4 is 0 Å². The van der Waals surface area contributed by atoms with E-state index in [-0.39, 0.29) is 0 Å². The predicted octanol–water partition coefficient (Wildman–Crippen LogP) is 5.81. The molecule has 6 heterocycles. The van der Waals surface area contributed by atoms with E-state index in [2.05, 4.69) is 29.9 Å². The van der Waals surface area contributed by atoms with Gasteiger partial charge < -0.3 is 0 Å². The van der Waals surface area contributed by atoms with Gasteiger partial charge >= 0.3 is 0 Å². The Labute approximate surface area is 192 Å². The van der Waals surface area contributed by atoms with Crippen LogP contribution >= 0.6 is 0 Å². The monoisotopic (exact) mass is 432 g/mol. The molecule has 0 fully saturated rings. The Kier molecular flexibility index (Phi) is 6.85. The van der Waals surface area contributed by atoms with Crippen molar-refractivity contribution in [3.8, 4) is 0 Å². The first-order valence-electron chi connectivity index (χ1n) is 10.6. The highest BCUT2D eigenvalue weighted by atomic mass is 14.8. The molecule has 33 heavy (non-hydrogen) atoms. The second kappa shape index (κ2) is 10.3. The minimum absolute atomic E-state index is 0.957. The molecular formula is C27H24N6. The first-order chi connectivity index (χ1) is 16.1. The minimum Gasteiger partial charge on any atom is -0.255 e. The molecule has 0 saturated carbocycles. The number of pyridine rings is 6. The smallest absolute Gasteiger partial charge is 0.0915 e. The predicted molar refractivity (Wildman–Crippen MR) is 133 cm³/mol. The molecule has 0 saturated heterocycles. The Hall–Kier alpha value is -4.32. The van der Waals surface area contributed by atoms with Crippen molar-refractivity contribution in [2.75, 3.05) is 0 Å². The molecule has 0 aliphatic heterocycles. The van der Waals surface area contributed by atoms with Gasteiger partial charge in [-0.15, -0.1) is 0 Å². The molecule has 162 valence electrons. The van der Waals surface area contributed by atoms with Gasteiger partial charge in [-0.25, -0.2) is 0 Å². The summed E-state index contributed by atoms with van der Waals surface area (Å²) in [6.07, 6.45) is 9.00. The van der Waals surface area contributed by atoms with Gasteiger partial charge in [-0.05, 0) is 92.6 Å². The van der Waals surface area contributed by atoms with E-state index in [0.29, 0.717) is 0 Å². The molecule has 6 aromatic rings. The van der Waals surface area contributed by atoms with Crippen molar-refractivity contribution >= 4 is 33.1 Å². The molecule has 6 rings (SSSR count). The van der Waals surface area contributed by atoms with E-state index in [9.17, 15) is 0 Å². The van der Waals surface area contributed by atoms with Crippen LogP contribution in [0, 0.1) is 20.8 Å². The lowest BCUT2D eigenvalue weighted by Gasteiger charge is -1.96. The van der Waals surface area contributed by atoms with Gasteiger partial charge in [0.15, 0.2) is 0 Å². The molecule has 0 amide bonds. The van der Waals surface area contributed by atoms with Gasteiger partial charge in [0.05, 0.1) is 33.1 Å². The number of nitrogens with zero attached hydrogens (tertiary/aromatic N) is 6. The van der Waals surface area contributed by atoms with E-state index in [1.807, 2.05) is 87.6 Å². The maximum absolute atomic E-state index is 4.31. The standard InChI is InChI=1S/3C9H8N2/c1-7-4-5-8-9(11-7)3-2-6-10-8;1-7-4-6-10-8-3-2-5-11-9(7)8;1-7-5-9-8(11-6-7)3-2-4-10-9/h3*2-6H,1H3. The van der Waals surface area contributed by atoms with E-state index >= 15 is 0 Å². The van der Waals surface area contributed by atoms with E-state index < -0.39 is 0 Å². The lowest BCUT2D eigenvalue weighted by molar-refractivity contribution is 1.24. The van der Waals surface area contributed by atoms with Crippen molar-refractivity contribution in [1.82, 2.24) is 29.9 Å². The zero-order chi connectivity index (χ0) is 23.0. The molecule has 0 aliphatic carbocycles. The summed E-state index contributed by atoms with van der Waals surface area (Å²) >= 11 is 0. The van der Waals surface area contributed by atoms with Gasteiger partial charge in [-0.1, -0.05) is 0 Å². The Bertz CT molecular complexity index is 1420. The highest BCUT2D eigenvalue weighted by Crippen LogP contribution is 2.11. The Morgan fingerprint density at radius 3 is 1.94 bits per heavy atom. The molecule has 0 radical (unpaired) electrons. The van der Waals surface area contributed by atoms with E-state index in [4.69, 9.17) is 0 Å². The first-order valence-corrected chi connectivity index (χ1v) is 10.6. The van der Waals surface area contributed by atoms with Crippen molar-refractivity contribution in [3.63, 3.8) is 0 Å². The van der Waals surface area contributed by atoms with E-state index in [1.165, 1.54) is 5.56 Å². The molecule has 0 bridgehead atoms. The lowest BCUT2D eigenvalue weighted by atomic mass is 10.2. The van der Waals surface area contributed by atoms with Gasteiger partial charge in [-0.3, -0.25) is 29.9 Å². The summed E-state index contributed by atoms with van der Waals surface area (Å²) in [5.74, 6) is 0. The van der Waals surface area contributed by atoms with Gasteiger partial charge in [-0.2, -0.15) is 0 Å². The van der Waals surface area contributed by atoms with E-state index in [0.717, 1.165) is 44.4 Å². The summed E-state index contributed by atoms with van der Waals surface area (Å²) in [4.78, 5) is 25.3. The summed E-state index contributed by atoms with van der Waals surface area (Å²) < 4.78 is 0. The van der Waals surface area contributed by atoms with Crippen molar-refractivity contribution in [3.05, 3.63) is 108 Å². The maximum Gasteiger partial charge on any atom is 0.0915 e. The molecular weight excluding hydrogens is 408 g/mol. The van der Waals surface area contributed by atoms with Crippen molar-refractivity contribution in [2.45, 2.75) is 20.8 Å². The fraction of sp³-hybridized carbons (Fsp3) is 0.111. The summed E-state index contributed by atoms with van der Waals surface area (Å²) in [5, 5.41) is 0. The summed E-state index contributed by atoms with van der Waals surface area (Å²) in [7, 11) is 0. The molecule has 0 N–H and O–H groups in total. The number of hydrogen-bond donors (Lipinski definition) is 0. The largest absolute Gasteiger partial charge is 0.255 e. The van der Waals surface area contributed by atoms with E-state index in [1.54, 1.807) is 24.8 Å². The summed E-state index contributed by atoms with van der Waals surface area (Å²) in [5.41, 5.74) is 9.16. The molecule has 0 spiro atoms. The summed E-state index contributed by atoms with van der Waals surface area (Å²) in [6.45, 7) is 6.03. The molecule has 0 aromatic carbocycles. The highest BCUT2D eigenvalue weighted by Gasteiger charge is 1.95. The molecule has 6 aromatic heterocycles. The topological polar surface area (TPSA) is 77.3 Å². The normalized spacial score (nSPS) is 10.3. The Balaban J connectivity index is 0.000000118. The van der Waals surface area contributed by atoms with Gasteiger partial charge in [0.2, 0.25) is 0 Å². The third-order valence-electron chi connectivity index (χ3n) is 4.88. The van der Waals surface area contributed by atoms with Crippen LogP contribution in [-0.4, -0.2) is 29.9 Å². The van der Waals surface area contributed by atoms with Crippen molar-refractivity contribution in [2.24, 2.45) is 0 Å². The molecule has 6 heteroatoms. The van der Waals surface area contributed by atoms with Gasteiger partial charge in [0.25, 0.3) is 0 Å². The second-order valence-electron chi connectivity index (χ2n) is 7.55. The van der Waals surface area contributed by atoms with Crippen LogP contribution in [0.15, 0.2) is 91.6 Å². The fourth-order valence-electron chi connectivity index (χ4n) is 3.23. The minimum atomic E-state index is 0.957. The molecule has 0 atom stereocenters. The van der Waals surface area contributed by atoms with Gasteiger partial charge in [0.1, 0.15) is 0 Å². The van der Waals surface area contributed by atoms with Crippen molar-refractivity contribution in [1.29, 1.82) is 0 Å². The highest BCUT2D eigenvalue weighted by molar-refractivity contribution is 5.76. The Morgan fingerprint density at radius 1 is 0.515 bits per heavy atom. The molecule has 0 aliphatic rings. The van der Waals surface area contributed by atoms with Crippen LogP contribution in [0.2, 0.25) is 0 Å². The zero-order valence-corrected chi connectivity index (χ0v) is 18.8. The maximum atomic E-state index is 4.31. The number of hydrogen-bond acceptors (Lipinski definition) is 6. The number of aromatic nitrogens is 6. The van der Waals surface area contributed by atoms with Crippen LogP contribution in [0.25, 0.3) is 33.1 Å². The van der Waals surface area contributed by atoms with Crippen LogP contribution in [0.4, 0.5) is 0 Å². The first kappa shape index (κ1) is 21.9. The second-order valence-corrected chi connectivity index (χ2v) is 7.55. The number of rotatable bonds is 0. The quantitative estimate of drug-likeness (QED) is 0.301. The number of aryl methyl sites for hydroxylation is 3. The average molecular weight is 433 g/mol. The van der Waals surface area contributed by atoms with Crippen LogP contribution in [0.5, 0.6) is 0 Å².